The molecular weight excluding hydrogens is 226 g/mol. The predicted molar refractivity (Wildman–Crippen MR) is 69.6 cm³/mol. The number of fused-ring (bicyclic) bond motifs is 1. The lowest BCUT2D eigenvalue weighted by atomic mass is 9.90. The standard InChI is InChI=1S/C15H19NO2/c17-10-15(7-8-15)16-14(18)13-6-5-11-3-1-2-4-12(11)9-13/h5-6,9,17H,1-4,7-8,10H2,(H,16,18). The van der Waals surface area contributed by atoms with Crippen LogP contribution in [0.5, 0.6) is 0 Å². The van der Waals surface area contributed by atoms with E-state index in [1.54, 1.807) is 0 Å². The fourth-order valence-corrected chi connectivity index (χ4v) is 2.66. The molecule has 0 aromatic heterocycles. The van der Waals surface area contributed by atoms with Gasteiger partial charge in [-0.3, -0.25) is 4.79 Å². The second kappa shape index (κ2) is 4.39. The zero-order valence-electron chi connectivity index (χ0n) is 10.5. The Morgan fingerprint density at radius 1 is 1.22 bits per heavy atom. The minimum Gasteiger partial charge on any atom is -0.394 e. The number of amides is 1. The van der Waals surface area contributed by atoms with Crippen LogP contribution >= 0.6 is 0 Å². The monoisotopic (exact) mass is 245 g/mol. The van der Waals surface area contributed by atoms with E-state index >= 15 is 0 Å². The van der Waals surface area contributed by atoms with Gasteiger partial charge in [0.1, 0.15) is 0 Å². The third-order valence-corrected chi connectivity index (χ3v) is 4.15. The van der Waals surface area contributed by atoms with Gasteiger partial charge in [0.2, 0.25) is 0 Å². The maximum atomic E-state index is 12.1. The van der Waals surface area contributed by atoms with E-state index in [-0.39, 0.29) is 18.1 Å². The number of carbonyl (C=O) groups excluding carboxylic acids is 1. The van der Waals surface area contributed by atoms with Crippen LogP contribution in [0.15, 0.2) is 18.2 Å². The summed E-state index contributed by atoms with van der Waals surface area (Å²) in [7, 11) is 0. The number of nitrogens with one attached hydrogen (secondary N) is 1. The smallest absolute Gasteiger partial charge is 0.251 e. The summed E-state index contributed by atoms with van der Waals surface area (Å²) < 4.78 is 0. The van der Waals surface area contributed by atoms with Crippen LogP contribution in [0.25, 0.3) is 0 Å². The van der Waals surface area contributed by atoms with Crippen molar-refractivity contribution in [3.8, 4) is 0 Å². The third kappa shape index (κ3) is 2.15. The van der Waals surface area contributed by atoms with Crippen molar-refractivity contribution in [1.82, 2.24) is 5.32 Å². The molecule has 3 nitrogen and oxygen atoms in total. The predicted octanol–water partition coefficient (Wildman–Crippen LogP) is 1.82. The first kappa shape index (κ1) is 11.7. The van der Waals surface area contributed by atoms with Gasteiger partial charge < -0.3 is 10.4 Å². The van der Waals surface area contributed by atoms with Crippen molar-refractivity contribution in [3.63, 3.8) is 0 Å². The number of aliphatic hydroxyl groups excluding tert-OH is 1. The van der Waals surface area contributed by atoms with Crippen LogP contribution < -0.4 is 5.32 Å². The fourth-order valence-electron chi connectivity index (χ4n) is 2.66. The van der Waals surface area contributed by atoms with Gasteiger partial charge in [0.15, 0.2) is 0 Å². The average molecular weight is 245 g/mol. The van der Waals surface area contributed by atoms with Gasteiger partial charge in [0, 0.05) is 5.56 Å². The van der Waals surface area contributed by atoms with Gasteiger partial charge in [0.05, 0.1) is 12.1 Å². The molecule has 1 aromatic carbocycles. The van der Waals surface area contributed by atoms with Gasteiger partial charge in [-0.05, 0) is 61.8 Å². The van der Waals surface area contributed by atoms with Crippen LogP contribution in [-0.4, -0.2) is 23.2 Å². The average Bonchev–Trinajstić information content (AvgIpc) is 3.18. The molecule has 2 N–H and O–H groups in total. The summed E-state index contributed by atoms with van der Waals surface area (Å²) in [6.07, 6.45) is 6.48. The first-order valence-electron chi connectivity index (χ1n) is 6.78. The molecular formula is C15H19NO2. The Kier molecular flexibility index (Phi) is 2.86. The first-order chi connectivity index (χ1) is 8.72. The van der Waals surface area contributed by atoms with E-state index in [1.807, 2.05) is 12.1 Å². The van der Waals surface area contributed by atoms with Gasteiger partial charge in [-0.25, -0.2) is 0 Å². The van der Waals surface area contributed by atoms with Crippen molar-refractivity contribution in [2.24, 2.45) is 0 Å². The molecule has 1 saturated carbocycles. The maximum absolute atomic E-state index is 12.1. The van der Waals surface area contributed by atoms with Crippen molar-refractivity contribution >= 4 is 5.91 Å². The van der Waals surface area contributed by atoms with Crippen LogP contribution in [0.4, 0.5) is 0 Å². The molecule has 96 valence electrons. The van der Waals surface area contributed by atoms with Gasteiger partial charge in [-0.15, -0.1) is 0 Å². The Morgan fingerprint density at radius 3 is 2.61 bits per heavy atom. The summed E-state index contributed by atoms with van der Waals surface area (Å²) in [5.74, 6) is -0.0464. The molecule has 0 heterocycles. The SMILES string of the molecule is O=C(NC1(CO)CC1)c1ccc2c(c1)CCCC2. The summed E-state index contributed by atoms with van der Waals surface area (Å²) in [6.45, 7) is 0.0453. The second-order valence-corrected chi connectivity index (χ2v) is 5.58. The zero-order chi connectivity index (χ0) is 12.6. The van der Waals surface area contributed by atoms with Crippen LogP contribution in [-0.2, 0) is 12.8 Å². The van der Waals surface area contributed by atoms with Crippen LogP contribution in [0.1, 0.15) is 47.2 Å². The minimum absolute atomic E-state index is 0.0453. The summed E-state index contributed by atoms with van der Waals surface area (Å²) in [5, 5.41) is 12.2. The largest absolute Gasteiger partial charge is 0.394 e. The topological polar surface area (TPSA) is 49.3 Å². The molecule has 0 atom stereocenters. The summed E-state index contributed by atoms with van der Waals surface area (Å²) in [4.78, 5) is 12.1. The molecule has 0 unspecified atom stereocenters. The van der Waals surface area contributed by atoms with Gasteiger partial charge in [-0.2, -0.15) is 0 Å². The highest BCUT2D eigenvalue weighted by molar-refractivity contribution is 5.95. The summed E-state index contributed by atoms with van der Waals surface area (Å²) >= 11 is 0. The van der Waals surface area contributed by atoms with Crippen molar-refractivity contribution in [1.29, 1.82) is 0 Å². The van der Waals surface area contributed by atoms with Crippen molar-refractivity contribution in [2.75, 3.05) is 6.61 Å². The lowest BCUT2D eigenvalue weighted by Crippen LogP contribution is -2.39. The molecule has 0 bridgehead atoms. The number of rotatable bonds is 3. The van der Waals surface area contributed by atoms with Gasteiger partial charge in [-0.1, -0.05) is 6.07 Å². The Labute approximate surface area is 107 Å². The highest BCUT2D eigenvalue weighted by atomic mass is 16.3. The first-order valence-corrected chi connectivity index (χ1v) is 6.78. The molecule has 3 rings (SSSR count). The number of carbonyl (C=O) groups is 1. The number of aryl methyl sites for hydroxylation is 2. The quantitative estimate of drug-likeness (QED) is 0.853. The summed E-state index contributed by atoms with van der Waals surface area (Å²) in [5.41, 5.74) is 3.12. The Morgan fingerprint density at radius 2 is 1.94 bits per heavy atom. The van der Waals surface area contributed by atoms with Crippen molar-refractivity contribution < 1.29 is 9.90 Å². The molecule has 1 amide bonds. The lowest BCUT2D eigenvalue weighted by molar-refractivity contribution is 0.0906. The Bertz CT molecular complexity index is 477. The van der Waals surface area contributed by atoms with Crippen LogP contribution in [0.3, 0.4) is 0 Å². The van der Waals surface area contributed by atoms with E-state index in [0.717, 1.165) is 31.2 Å². The highest BCUT2D eigenvalue weighted by Gasteiger charge is 2.43. The van der Waals surface area contributed by atoms with E-state index in [1.165, 1.54) is 24.0 Å². The highest BCUT2D eigenvalue weighted by Crippen LogP contribution is 2.35. The number of aliphatic hydroxyl groups is 1. The number of benzene rings is 1. The van der Waals surface area contributed by atoms with E-state index in [0.29, 0.717) is 0 Å². The van der Waals surface area contributed by atoms with Crippen LogP contribution in [0.2, 0.25) is 0 Å². The summed E-state index contributed by atoms with van der Waals surface area (Å²) in [6, 6.07) is 6.02. The molecule has 1 fully saturated rings. The van der Waals surface area contributed by atoms with Crippen molar-refractivity contribution in [3.05, 3.63) is 34.9 Å². The Hall–Kier alpha value is -1.35. The fraction of sp³-hybridized carbons (Fsp3) is 0.533. The molecule has 2 aliphatic rings. The third-order valence-electron chi connectivity index (χ3n) is 4.15. The van der Waals surface area contributed by atoms with E-state index in [9.17, 15) is 9.90 Å². The minimum atomic E-state index is -0.326. The molecule has 0 aliphatic heterocycles. The molecule has 2 aliphatic carbocycles. The Balaban J connectivity index is 1.77. The van der Waals surface area contributed by atoms with E-state index in [4.69, 9.17) is 0 Å². The second-order valence-electron chi connectivity index (χ2n) is 5.58. The van der Waals surface area contributed by atoms with Crippen molar-refractivity contribution in [2.45, 2.75) is 44.1 Å². The molecule has 0 radical (unpaired) electrons. The van der Waals surface area contributed by atoms with E-state index in [2.05, 4.69) is 11.4 Å². The number of hydrogen-bond donors (Lipinski definition) is 2. The molecule has 0 spiro atoms. The van der Waals surface area contributed by atoms with Gasteiger partial charge in [0.25, 0.3) is 5.91 Å². The molecule has 18 heavy (non-hydrogen) atoms. The maximum Gasteiger partial charge on any atom is 0.251 e. The molecule has 3 heteroatoms. The number of hydrogen-bond acceptors (Lipinski definition) is 2. The zero-order valence-corrected chi connectivity index (χ0v) is 10.5. The normalized spacial score (nSPS) is 20.1. The molecule has 0 saturated heterocycles. The molecule has 1 aromatic rings. The lowest BCUT2D eigenvalue weighted by Gasteiger charge is -2.18. The van der Waals surface area contributed by atoms with Crippen LogP contribution in [0, 0.1) is 0 Å². The van der Waals surface area contributed by atoms with E-state index < -0.39 is 0 Å². The van der Waals surface area contributed by atoms with Gasteiger partial charge >= 0.3 is 0 Å².